The van der Waals surface area contributed by atoms with E-state index in [2.05, 4.69) is 15.9 Å². The lowest BCUT2D eigenvalue weighted by atomic mass is 10.1. The third-order valence-corrected chi connectivity index (χ3v) is 3.08. The summed E-state index contributed by atoms with van der Waals surface area (Å²) in [6.07, 6.45) is -0.656. The molecule has 2 unspecified atom stereocenters. The van der Waals surface area contributed by atoms with Crippen LogP contribution in [0.15, 0.2) is 16.6 Å². The molecule has 3 heteroatoms. The normalized spacial score (nSPS) is 25.5. The van der Waals surface area contributed by atoms with Crippen LogP contribution in [0.2, 0.25) is 0 Å². The molecular weight excluding hydrogens is 232 g/mol. The molecule has 1 aliphatic rings. The second-order valence-electron chi connectivity index (χ2n) is 3.37. The molecule has 0 saturated heterocycles. The van der Waals surface area contributed by atoms with Gasteiger partial charge in [-0.3, -0.25) is 0 Å². The SMILES string of the molecule is Cc1ccc(Br)c2c1OC(C)C2O. The number of aryl methyl sites for hydroxylation is 1. The number of halogens is 1. The molecule has 0 spiro atoms. The summed E-state index contributed by atoms with van der Waals surface area (Å²) in [6, 6.07) is 3.92. The molecule has 70 valence electrons. The molecule has 1 heterocycles. The zero-order chi connectivity index (χ0) is 9.59. The molecule has 0 fully saturated rings. The second-order valence-corrected chi connectivity index (χ2v) is 4.23. The van der Waals surface area contributed by atoms with Gasteiger partial charge in [-0.25, -0.2) is 0 Å². The van der Waals surface area contributed by atoms with E-state index in [4.69, 9.17) is 4.74 Å². The molecule has 2 rings (SSSR count). The van der Waals surface area contributed by atoms with Crippen LogP contribution in [-0.2, 0) is 0 Å². The molecule has 0 bridgehead atoms. The van der Waals surface area contributed by atoms with Gasteiger partial charge in [-0.2, -0.15) is 0 Å². The summed E-state index contributed by atoms with van der Waals surface area (Å²) in [4.78, 5) is 0. The van der Waals surface area contributed by atoms with Crippen LogP contribution in [0.3, 0.4) is 0 Å². The van der Waals surface area contributed by atoms with Crippen LogP contribution in [0, 0.1) is 6.92 Å². The highest BCUT2D eigenvalue weighted by Gasteiger charge is 2.32. The number of aliphatic hydroxyl groups excluding tert-OH is 1. The summed E-state index contributed by atoms with van der Waals surface area (Å²) in [5.41, 5.74) is 1.95. The highest BCUT2D eigenvalue weighted by molar-refractivity contribution is 9.10. The number of rotatable bonds is 0. The summed E-state index contributed by atoms with van der Waals surface area (Å²) < 4.78 is 6.47. The Hall–Kier alpha value is -0.540. The van der Waals surface area contributed by atoms with Gasteiger partial charge >= 0.3 is 0 Å². The second kappa shape index (κ2) is 3.00. The average molecular weight is 243 g/mol. The maximum Gasteiger partial charge on any atom is 0.129 e. The number of fused-ring (bicyclic) bond motifs is 1. The topological polar surface area (TPSA) is 29.5 Å². The molecule has 0 aromatic heterocycles. The molecule has 0 amide bonds. The first-order chi connectivity index (χ1) is 6.11. The van der Waals surface area contributed by atoms with Gasteiger partial charge in [-0.05, 0) is 25.5 Å². The van der Waals surface area contributed by atoms with Crippen LogP contribution in [0.4, 0.5) is 0 Å². The van der Waals surface area contributed by atoms with Crippen molar-refractivity contribution in [2.24, 2.45) is 0 Å². The van der Waals surface area contributed by atoms with E-state index in [0.29, 0.717) is 0 Å². The Morgan fingerprint density at radius 2 is 2.15 bits per heavy atom. The van der Waals surface area contributed by atoms with Crippen molar-refractivity contribution in [1.82, 2.24) is 0 Å². The lowest BCUT2D eigenvalue weighted by Gasteiger charge is -2.06. The molecule has 0 radical (unpaired) electrons. The molecule has 13 heavy (non-hydrogen) atoms. The highest BCUT2D eigenvalue weighted by Crippen LogP contribution is 2.42. The van der Waals surface area contributed by atoms with Gasteiger partial charge in [0.05, 0.1) is 0 Å². The summed E-state index contributed by atoms with van der Waals surface area (Å²) in [5.74, 6) is 0.828. The quantitative estimate of drug-likeness (QED) is 0.758. The maximum absolute atomic E-state index is 9.80. The summed E-state index contributed by atoms with van der Waals surface area (Å²) in [5, 5.41) is 9.80. The Bertz CT molecular complexity index is 349. The number of aliphatic hydroxyl groups is 1. The minimum Gasteiger partial charge on any atom is -0.487 e. The number of hydrogen-bond donors (Lipinski definition) is 1. The van der Waals surface area contributed by atoms with Crippen molar-refractivity contribution in [1.29, 1.82) is 0 Å². The van der Waals surface area contributed by atoms with Crippen molar-refractivity contribution in [2.75, 3.05) is 0 Å². The summed E-state index contributed by atoms with van der Waals surface area (Å²) >= 11 is 3.41. The minimum atomic E-state index is -0.510. The number of benzene rings is 1. The van der Waals surface area contributed by atoms with E-state index in [1.54, 1.807) is 0 Å². The zero-order valence-corrected chi connectivity index (χ0v) is 9.13. The van der Waals surface area contributed by atoms with Crippen molar-refractivity contribution in [3.63, 3.8) is 0 Å². The zero-order valence-electron chi connectivity index (χ0n) is 7.54. The molecule has 2 atom stereocenters. The van der Waals surface area contributed by atoms with Crippen LogP contribution < -0.4 is 4.74 Å². The summed E-state index contributed by atoms with van der Waals surface area (Å²) in [6.45, 7) is 3.85. The molecule has 2 nitrogen and oxygen atoms in total. The van der Waals surface area contributed by atoms with Crippen molar-refractivity contribution >= 4 is 15.9 Å². The fourth-order valence-electron chi connectivity index (χ4n) is 1.60. The van der Waals surface area contributed by atoms with Crippen molar-refractivity contribution in [2.45, 2.75) is 26.1 Å². The molecule has 1 N–H and O–H groups in total. The van der Waals surface area contributed by atoms with Crippen LogP contribution >= 0.6 is 15.9 Å². The van der Waals surface area contributed by atoms with Gasteiger partial charge < -0.3 is 9.84 Å². The van der Waals surface area contributed by atoms with Gasteiger partial charge in [-0.15, -0.1) is 0 Å². The van der Waals surface area contributed by atoms with Gasteiger partial charge in [0, 0.05) is 10.0 Å². The number of ether oxygens (including phenoxy) is 1. The van der Waals surface area contributed by atoms with Crippen molar-refractivity contribution in [3.05, 3.63) is 27.7 Å². The number of hydrogen-bond acceptors (Lipinski definition) is 2. The van der Waals surface area contributed by atoms with E-state index in [-0.39, 0.29) is 6.10 Å². The average Bonchev–Trinajstić information content (AvgIpc) is 2.38. The molecule has 0 aliphatic carbocycles. The Kier molecular flexibility index (Phi) is 2.08. The highest BCUT2D eigenvalue weighted by atomic mass is 79.9. The first-order valence-corrected chi connectivity index (χ1v) is 5.04. The molecule has 1 aromatic rings. The van der Waals surface area contributed by atoms with E-state index in [1.807, 2.05) is 26.0 Å². The lowest BCUT2D eigenvalue weighted by molar-refractivity contribution is 0.0791. The predicted octanol–water partition coefficient (Wildman–Crippen LogP) is 2.57. The molecular formula is C10H11BrO2. The van der Waals surface area contributed by atoms with Gasteiger partial charge in [0.2, 0.25) is 0 Å². The molecule has 1 aliphatic heterocycles. The monoisotopic (exact) mass is 242 g/mol. The van der Waals surface area contributed by atoms with E-state index in [9.17, 15) is 5.11 Å². The van der Waals surface area contributed by atoms with E-state index in [1.165, 1.54) is 0 Å². The molecule has 1 aromatic carbocycles. The Balaban J connectivity index is 2.61. The Morgan fingerprint density at radius 3 is 2.77 bits per heavy atom. The minimum absolute atomic E-state index is 0.146. The van der Waals surface area contributed by atoms with Crippen LogP contribution in [0.25, 0.3) is 0 Å². The van der Waals surface area contributed by atoms with Gasteiger partial charge in [0.25, 0.3) is 0 Å². The fourth-order valence-corrected chi connectivity index (χ4v) is 2.15. The fraction of sp³-hybridized carbons (Fsp3) is 0.400. The van der Waals surface area contributed by atoms with Crippen LogP contribution in [-0.4, -0.2) is 11.2 Å². The van der Waals surface area contributed by atoms with E-state index < -0.39 is 6.10 Å². The lowest BCUT2D eigenvalue weighted by Crippen LogP contribution is -2.13. The first kappa shape index (κ1) is 9.03. The van der Waals surface area contributed by atoms with E-state index >= 15 is 0 Å². The van der Waals surface area contributed by atoms with Gasteiger partial charge in [-0.1, -0.05) is 22.0 Å². The standard InChI is InChI=1S/C10H11BrO2/c1-5-3-4-7(11)8-9(12)6(2)13-10(5)8/h3-4,6,9,12H,1-2H3. The Morgan fingerprint density at radius 1 is 1.46 bits per heavy atom. The van der Waals surface area contributed by atoms with Crippen molar-refractivity contribution < 1.29 is 9.84 Å². The van der Waals surface area contributed by atoms with E-state index in [0.717, 1.165) is 21.3 Å². The van der Waals surface area contributed by atoms with Crippen molar-refractivity contribution in [3.8, 4) is 5.75 Å². The third kappa shape index (κ3) is 1.27. The summed E-state index contributed by atoms with van der Waals surface area (Å²) in [7, 11) is 0. The Labute approximate surface area is 85.7 Å². The smallest absolute Gasteiger partial charge is 0.129 e. The van der Waals surface area contributed by atoms with Crippen LogP contribution in [0.5, 0.6) is 5.75 Å². The predicted molar refractivity (Wildman–Crippen MR) is 53.9 cm³/mol. The van der Waals surface area contributed by atoms with Crippen LogP contribution in [0.1, 0.15) is 24.2 Å². The maximum atomic E-state index is 9.80. The molecule has 0 saturated carbocycles. The van der Waals surface area contributed by atoms with Gasteiger partial charge in [0.1, 0.15) is 18.0 Å². The van der Waals surface area contributed by atoms with Gasteiger partial charge in [0.15, 0.2) is 0 Å². The third-order valence-electron chi connectivity index (χ3n) is 2.38. The first-order valence-electron chi connectivity index (χ1n) is 4.25. The largest absolute Gasteiger partial charge is 0.487 e.